The van der Waals surface area contributed by atoms with Crippen molar-refractivity contribution in [2.75, 3.05) is 0 Å². The molecular weight excluding hydrogens is 230 g/mol. The first-order chi connectivity index (χ1) is 8.29. The molecule has 1 fully saturated rings. The number of para-hydroxylation sites is 1. The molecule has 1 aliphatic rings. The van der Waals surface area contributed by atoms with Gasteiger partial charge in [-0.15, -0.1) is 11.3 Å². The summed E-state index contributed by atoms with van der Waals surface area (Å²) in [6.45, 7) is 2.10. The first-order valence-corrected chi connectivity index (χ1v) is 6.94. The average molecular weight is 245 g/mol. The van der Waals surface area contributed by atoms with Gasteiger partial charge in [-0.05, 0) is 30.4 Å². The lowest BCUT2D eigenvalue weighted by atomic mass is 9.97. The Morgan fingerprint density at radius 3 is 3.06 bits per heavy atom. The Bertz CT molecular complexity index is 556. The Balaban J connectivity index is 2.07. The second-order valence-electron chi connectivity index (χ2n) is 4.82. The molecule has 1 aliphatic carbocycles. The van der Waals surface area contributed by atoms with Crippen LogP contribution in [0.15, 0.2) is 18.2 Å². The molecule has 0 amide bonds. The molecule has 88 valence electrons. The number of aromatic nitrogens is 1. The van der Waals surface area contributed by atoms with Crippen molar-refractivity contribution >= 4 is 27.8 Å². The Labute approximate surface area is 105 Å². The number of carbonyl (C=O) groups is 1. The maximum absolute atomic E-state index is 10.6. The summed E-state index contributed by atoms with van der Waals surface area (Å²) in [5.74, 6) is 0.979. The zero-order valence-corrected chi connectivity index (χ0v) is 10.7. The Morgan fingerprint density at radius 1 is 1.53 bits per heavy atom. The van der Waals surface area contributed by atoms with E-state index in [1.165, 1.54) is 28.1 Å². The van der Waals surface area contributed by atoms with Crippen molar-refractivity contribution in [1.29, 1.82) is 0 Å². The van der Waals surface area contributed by atoms with Gasteiger partial charge in [-0.25, -0.2) is 4.98 Å². The minimum atomic E-state index is 0.269. The predicted octanol–water partition coefficient (Wildman–Crippen LogP) is 3.87. The van der Waals surface area contributed by atoms with Gasteiger partial charge in [-0.1, -0.05) is 19.1 Å². The third-order valence-electron chi connectivity index (χ3n) is 3.37. The van der Waals surface area contributed by atoms with E-state index in [1.807, 2.05) is 11.3 Å². The van der Waals surface area contributed by atoms with Gasteiger partial charge in [0, 0.05) is 12.3 Å². The van der Waals surface area contributed by atoms with E-state index in [0.717, 1.165) is 11.8 Å². The summed E-state index contributed by atoms with van der Waals surface area (Å²) in [6, 6.07) is 6.32. The number of thiazole rings is 1. The molecule has 3 rings (SSSR count). The molecule has 1 heterocycles. The molecule has 17 heavy (non-hydrogen) atoms. The van der Waals surface area contributed by atoms with E-state index in [0.29, 0.717) is 12.3 Å². The van der Waals surface area contributed by atoms with Crippen LogP contribution in [0.3, 0.4) is 0 Å². The van der Waals surface area contributed by atoms with Crippen molar-refractivity contribution in [1.82, 2.24) is 4.98 Å². The number of nitrogens with zero attached hydrogens (tertiary/aromatic N) is 1. The van der Waals surface area contributed by atoms with Gasteiger partial charge in [-0.3, -0.25) is 0 Å². The van der Waals surface area contributed by atoms with Crippen LogP contribution in [0.5, 0.6) is 0 Å². The number of rotatable bonds is 4. The van der Waals surface area contributed by atoms with Crippen LogP contribution in [-0.2, 0) is 4.79 Å². The number of fused-ring (bicyclic) bond motifs is 1. The lowest BCUT2D eigenvalue weighted by Crippen LogP contribution is -1.95. The fraction of sp³-hybridized carbons (Fsp3) is 0.429. The van der Waals surface area contributed by atoms with Gasteiger partial charge in [0.15, 0.2) is 0 Å². The molecule has 1 aromatic carbocycles. The SMILES string of the molecule is CC(CC=O)c1cccc2sc(C3CC3)nc12. The fourth-order valence-corrected chi connectivity index (χ4v) is 3.33. The summed E-state index contributed by atoms with van der Waals surface area (Å²) in [5, 5.41) is 1.28. The number of hydrogen-bond acceptors (Lipinski definition) is 3. The van der Waals surface area contributed by atoms with Crippen molar-refractivity contribution < 1.29 is 4.79 Å². The lowest BCUT2D eigenvalue weighted by Gasteiger charge is -2.08. The van der Waals surface area contributed by atoms with Gasteiger partial charge in [0.1, 0.15) is 6.29 Å². The van der Waals surface area contributed by atoms with Crippen LogP contribution in [0.25, 0.3) is 10.2 Å². The normalized spacial score (nSPS) is 17.2. The van der Waals surface area contributed by atoms with Crippen molar-refractivity contribution in [2.45, 2.75) is 38.0 Å². The first kappa shape index (κ1) is 10.9. The smallest absolute Gasteiger partial charge is 0.120 e. The van der Waals surface area contributed by atoms with Crippen LogP contribution < -0.4 is 0 Å². The molecule has 2 nitrogen and oxygen atoms in total. The maximum atomic E-state index is 10.6. The van der Waals surface area contributed by atoms with E-state index >= 15 is 0 Å². The number of carbonyl (C=O) groups excluding carboxylic acids is 1. The van der Waals surface area contributed by atoms with E-state index in [9.17, 15) is 4.79 Å². The standard InChI is InChI=1S/C14H15NOS/c1-9(7-8-16)11-3-2-4-12-13(11)15-14(17-12)10-5-6-10/h2-4,8-10H,5-7H2,1H3. The van der Waals surface area contributed by atoms with Gasteiger partial charge in [0.05, 0.1) is 15.2 Å². The van der Waals surface area contributed by atoms with Crippen LogP contribution in [0.1, 0.15) is 48.6 Å². The molecule has 2 aromatic rings. The van der Waals surface area contributed by atoms with Crippen molar-refractivity contribution in [2.24, 2.45) is 0 Å². The number of hydrogen-bond donors (Lipinski definition) is 0. The third kappa shape index (κ3) is 2.00. The molecule has 1 aromatic heterocycles. The summed E-state index contributed by atoms with van der Waals surface area (Å²) in [5.41, 5.74) is 2.34. The quantitative estimate of drug-likeness (QED) is 0.765. The van der Waals surface area contributed by atoms with Crippen molar-refractivity contribution in [3.63, 3.8) is 0 Å². The largest absolute Gasteiger partial charge is 0.303 e. The van der Waals surface area contributed by atoms with Gasteiger partial charge in [0.25, 0.3) is 0 Å². The highest BCUT2D eigenvalue weighted by Crippen LogP contribution is 2.44. The van der Waals surface area contributed by atoms with E-state index in [2.05, 4.69) is 25.1 Å². The Morgan fingerprint density at radius 2 is 2.35 bits per heavy atom. The maximum Gasteiger partial charge on any atom is 0.120 e. The molecule has 0 N–H and O–H groups in total. The van der Waals surface area contributed by atoms with E-state index < -0.39 is 0 Å². The van der Waals surface area contributed by atoms with E-state index in [1.54, 1.807) is 0 Å². The van der Waals surface area contributed by atoms with Gasteiger partial charge < -0.3 is 4.79 Å². The zero-order chi connectivity index (χ0) is 11.8. The van der Waals surface area contributed by atoms with Gasteiger partial charge in [0.2, 0.25) is 0 Å². The van der Waals surface area contributed by atoms with Crippen LogP contribution in [0, 0.1) is 0 Å². The molecule has 0 radical (unpaired) electrons. The Hall–Kier alpha value is -1.22. The molecule has 1 atom stereocenters. The van der Waals surface area contributed by atoms with Crippen molar-refractivity contribution in [3.8, 4) is 0 Å². The van der Waals surface area contributed by atoms with Crippen LogP contribution in [0.2, 0.25) is 0 Å². The lowest BCUT2D eigenvalue weighted by molar-refractivity contribution is -0.108. The first-order valence-electron chi connectivity index (χ1n) is 6.12. The highest BCUT2D eigenvalue weighted by atomic mass is 32.1. The monoisotopic (exact) mass is 245 g/mol. The molecule has 3 heteroatoms. The third-order valence-corrected chi connectivity index (χ3v) is 4.56. The predicted molar refractivity (Wildman–Crippen MR) is 70.7 cm³/mol. The number of aldehydes is 1. The molecule has 1 saturated carbocycles. The molecule has 0 aliphatic heterocycles. The molecule has 0 bridgehead atoms. The van der Waals surface area contributed by atoms with Crippen molar-refractivity contribution in [3.05, 3.63) is 28.8 Å². The highest BCUT2D eigenvalue weighted by Gasteiger charge is 2.27. The molecular formula is C14H15NOS. The number of benzene rings is 1. The van der Waals surface area contributed by atoms with Gasteiger partial charge in [-0.2, -0.15) is 0 Å². The van der Waals surface area contributed by atoms with Gasteiger partial charge >= 0.3 is 0 Å². The average Bonchev–Trinajstić information content (AvgIpc) is 3.08. The van der Waals surface area contributed by atoms with E-state index in [-0.39, 0.29) is 5.92 Å². The summed E-state index contributed by atoms with van der Waals surface area (Å²) < 4.78 is 1.27. The second-order valence-corrected chi connectivity index (χ2v) is 5.89. The zero-order valence-electron chi connectivity index (χ0n) is 9.85. The fourth-order valence-electron chi connectivity index (χ4n) is 2.16. The topological polar surface area (TPSA) is 30.0 Å². The minimum Gasteiger partial charge on any atom is -0.303 e. The summed E-state index contributed by atoms with van der Waals surface area (Å²) in [7, 11) is 0. The summed E-state index contributed by atoms with van der Waals surface area (Å²) in [6.07, 6.45) is 4.16. The second kappa shape index (κ2) is 4.22. The minimum absolute atomic E-state index is 0.269. The molecule has 0 saturated heterocycles. The van der Waals surface area contributed by atoms with E-state index in [4.69, 9.17) is 4.98 Å². The summed E-state index contributed by atoms with van der Waals surface area (Å²) in [4.78, 5) is 15.4. The molecule has 1 unspecified atom stereocenters. The highest BCUT2D eigenvalue weighted by molar-refractivity contribution is 7.18. The van der Waals surface area contributed by atoms with Crippen LogP contribution >= 0.6 is 11.3 Å². The Kier molecular flexibility index (Phi) is 2.71. The van der Waals surface area contributed by atoms with Crippen LogP contribution in [0.4, 0.5) is 0 Å². The summed E-state index contributed by atoms with van der Waals surface area (Å²) >= 11 is 1.82. The van der Waals surface area contributed by atoms with Crippen LogP contribution in [-0.4, -0.2) is 11.3 Å². The molecule has 0 spiro atoms.